The van der Waals surface area contributed by atoms with Crippen LogP contribution in [0.1, 0.15) is 25.3 Å². The highest BCUT2D eigenvalue weighted by Crippen LogP contribution is 2.26. The summed E-state index contributed by atoms with van der Waals surface area (Å²) in [6.07, 6.45) is 0. The Morgan fingerprint density at radius 2 is 1.94 bits per heavy atom. The topological polar surface area (TPSA) is 44.4 Å². The molecule has 1 rings (SSSR count). The van der Waals surface area contributed by atoms with Crippen molar-refractivity contribution in [3.63, 3.8) is 0 Å². The highest BCUT2D eigenvalue weighted by molar-refractivity contribution is 5.92. The SMILES string of the molecule is CNCN(C(=O)NC)c1ccccc1C(C)C. The monoisotopic (exact) mass is 235 g/mol. The number of hydrogen-bond donors (Lipinski definition) is 2. The van der Waals surface area contributed by atoms with Crippen molar-refractivity contribution < 1.29 is 4.79 Å². The highest BCUT2D eigenvalue weighted by Gasteiger charge is 2.17. The fourth-order valence-corrected chi connectivity index (χ4v) is 1.78. The second kappa shape index (κ2) is 6.25. The van der Waals surface area contributed by atoms with Crippen LogP contribution in [0.3, 0.4) is 0 Å². The minimum atomic E-state index is -0.104. The minimum Gasteiger partial charge on any atom is -0.341 e. The second-order valence-corrected chi connectivity index (χ2v) is 4.21. The number of rotatable bonds is 4. The van der Waals surface area contributed by atoms with Crippen molar-refractivity contribution in [1.82, 2.24) is 10.6 Å². The van der Waals surface area contributed by atoms with Crippen LogP contribution in [0.4, 0.5) is 10.5 Å². The molecule has 2 amide bonds. The van der Waals surface area contributed by atoms with Crippen molar-refractivity contribution in [3.8, 4) is 0 Å². The number of benzene rings is 1. The molecule has 4 nitrogen and oxygen atoms in total. The number of para-hydroxylation sites is 1. The normalized spacial score (nSPS) is 10.4. The van der Waals surface area contributed by atoms with Crippen LogP contribution in [0, 0.1) is 0 Å². The maximum atomic E-state index is 11.9. The van der Waals surface area contributed by atoms with E-state index in [1.165, 1.54) is 5.56 Å². The summed E-state index contributed by atoms with van der Waals surface area (Å²) in [5.41, 5.74) is 2.13. The molecule has 0 spiro atoms. The predicted octanol–water partition coefficient (Wildman–Crippen LogP) is 2.13. The van der Waals surface area contributed by atoms with Crippen LogP contribution in [0.25, 0.3) is 0 Å². The maximum Gasteiger partial charge on any atom is 0.322 e. The number of hydrogen-bond acceptors (Lipinski definition) is 2. The minimum absolute atomic E-state index is 0.104. The van der Waals surface area contributed by atoms with Crippen molar-refractivity contribution in [3.05, 3.63) is 29.8 Å². The first-order valence-corrected chi connectivity index (χ1v) is 5.84. The van der Waals surface area contributed by atoms with Gasteiger partial charge in [-0.2, -0.15) is 0 Å². The van der Waals surface area contributed by atoms with E-state index in [4.69, 9.17) is 0 Å². The molecule has 17 heavy (non-hydrogen) atoms. The zero-order valence-corrected chi connectivity index (χ0v) is 10.9. The van der Waals surface area contributed by atoms with Gasteiger partial charge in [-0.15, -0.1) is 0 Å². The molecule has 0 saturated heterocycles. The van der Waals surface area contributed by atoms with Gasteiger partial charge in [-0.05, 0) is 24.6 Å². The van der Waals surface area contributed by atoms with E-state index >= 15 is 0 Å². The van der Waals surface area contributed by atoms with Gasteiger partial charge in [0, 0.05) is 7.05 Å². The van der Waals surface area contributed by atoms with Crippen molar-refractivity contribution >= 4 is 11.7 Å². The van der Waals surface area contributed by atoms with Gasteiger partial charge in [0.25, 0.3) is 0 Å². The molecule has 0 aliphatic heterocycles. The van der Waals surface area contributed by atoms with E-state index in [2.05, 4.69) is 30.5 Å². The van der Waals surface area contributed by atoms with Gasteiger partial charge in [-0.25, -0.2) is 4.79 Å². The molecule has 0 radical (unpaired) electrons. The van der Waals surface area contributed by atoms with Gasteiger partial charge < -0.3 is 10.6 Å². The number of nitrogens with one attached hydrogen (secondary N) is 2. The first kappa shape index (κ1) is 13.5. The van der Waals surface area contributed by atoms with Gasteiger partial charge in [-0.3, -0.25) is 4.90 Å². The van der Waals surface area contributed by atoms with Crippen LogP contribution in [0.15, 0.2) is 24.3 Å². The third kappa shape index (κ3) is 3.20. The molecular formula is C13H21N3O. The summed E-state index contributed by atoms with van der Waals surface area (Å²) in [7, 11) is 3.47. The molecular weight excluding hydrogens is 214 g/mol. The van der Waals surface area contributed by atoms with Crippen molar-refractivity contribution in [2.75, 3.05) is 25.7 Å². The smallest absolute Gasteiger partial charge is 0.322 e. The maximum absolute atomic E-state index is 11.9. The van der Waals surface area contributed by atoms with Crippen LogP contribution in [-0.4, -0.2) is 26.8 Å². The molecule has 0 fully saturated rings. The number of carbonyl (C=O) groups excluding carboxylic acids is 1. The van der Waals surface area contributed by atoms with Gasteiger partial charge in [0.05, 0.1) is 12.4 Å². The molecule has 1 aromatic carbocycles. The van der Waals surface area contributed by atoms with E-state index < -0.39 is 0 Å². The molecule has 0 aliphatic carbocycles. The summed E-state index contributed by atoms with van der Waals surface area (Å²) in [6.45, 7) is 4.74. The zero-order valence-electron chi connectivity index (χ0n) is 10.9. The van der Waals surface area contributed by atoms with E-state index in [1.807, 2.05) is 25.2 Å². The van der Waals surface area contributed by atoms with E-state index in [-0.39, 0.29) is 6.03 Å². The number of urea groups is 1. The molecule has 0 atom stereocenters. The van der Waals surface area contributed by atoms with Crippen LogP contribution in [-0.2, 0) is 0 Å². The fourth-order valence-electron chi connectivity index (χ4n) is 1.78. The van der Waals surface area contributed by atoms with Crippen LogP contribution in [0.5, 0.6) is 0 Å². The standard InChI is InChI=1S/C13H21N3O/c1-10(2)11-7-5-6-8-12(11)16(9-14-3)13(17)15-4/h5-8,10,14H,9H2,1-4H3,(H,15,17). The highest BCUT2D eigenvalue weighted by atomic mass is 16.2. The van der Waals surface area contributed by atoms with Gasteiger partial charge in [0.1, 0.15) is 0 Å². The second-order valence-electron chi connectivity index (χ2n) is 4.21. The first-order chi connectivity index (χ1) is 8.11. The zero-order chi connectivity index (χ0) is 12.8. The van der Waals surface area contributed by atoms with Gasteiger partial charge in [0.15, 0.2) is 0 Å². The third-order valence-electron chi connectivity index (χ3n) is 2.62. The molecule has 1 aromatic rings. The summed E-state index contributed by atoms with van der Waals surface area (Å²) in [5.74, 6) is 0.384. The molecule has 0 heterocycles. The third-order valence-corrected chi connectivity index (χ3v) is 2.62. The molecule has 4 heteroatoms. The Kier molecular flexibility index (Phi) is 4.97. The van der Waals surface area contributed by atoms with Gasteiger partial charge >= 0.3 is 6.03 Å². The molecule has 0 bridgehead atoms. The molecule has 94 valence electrons. The predicted molar refractivity (Wildman–Crippen MR) is 71.4 cm³/mol. The van der Waals surface area contributed by atoms with E-state index in [1.54, 1.807) is 11.9 Å². The average Bonchev–Trinajstić information content (AvgIpc) is 2.35. The molecule has 2 N–H and O–H groups in total. The summed E-state index contributed by atoms with van der Waals surface area (Å²) >= 11 is 0. The average molecular weight is 235 g/mol. The lowest BCUT2D eigenvalue weighted by Crippen LogP contribution is -2.43. The van der Waals surface area contributed by atoms with Crippen molar-refractivity contribution in [2.24, 2.45) is 0 Å². The van der Waals surface area contributed by atoms with Crippen molar-refractivity contribution in [1.29, 1.82) is 0 Å². The summed E-state index contributed by atoms with van der Waals surface area (Å²) in [5, 5.41) is 5.67. The van der Waals surface area contributed by atoms with Crippen molar-refractivity contribution in [2.45, 2.75) is 19.8 Å². The van der Waals surface area contributed by atoms with Gasteiger partial charge in [0.2, 0.25) is 0 Å². The lowest BCUT2D eigenvalue weighted by atomic mass is 10.0. The van der Waals surface area contributed by atoms with Crippen LogP contribution in [0.2, 0.25) is 0 Å². The van der Waals surface area contributed by atoms with Gasteiger partial charge in [-0.1, -0.05) is 32.0 Å². The lowest BCUT2D eigenvalue weighted by Gasteiger charge is -2.25. The summed E-state index contributed by atoms with van der Waals surface area (Å²) < 4.78 is 0. The van der Waals surface area contributed by atoms with E-state index in [0.717, 1.165) is 5.69 Å². The number of anilines is 1. The number of nitrogens with zero attached hydrogens (tertiary/aromatic N) is 1. The Hall–Kier alpha value is -1.55. The fraction of sp³-hybridized carbons (Fsp3) is 0.462. The largest absolute Gasteiger partial charge is 0.341 e. The summed E-state index contributed by atoms with van der Waals surface area (Å²) in [6, 6.07) is 7.88. The Morgan fingerprint density at radius 1 is 1.29 bits per heavy atom. The number of carbonyl (C=O) groups is 1. The molecule has 0 aliphatic rings. The summed E-state index contributed by atoms with van der Waals surface area (Å²) in [4.78, 5) is 13.6. The molecule has 0 unspecified atom stereocenters. The van der Waals surface area contributed by atoms with Crippen LogP contribution < -0.4 is 15.5 Å². The quantitative estimate of drug-likeness (QED) is 0.785. The Morgan fingerprint density at radius 3 is 2.47 bits per heavy atom. The lowest BCUT2D eigenvalue weighted by molar-refractivity contribution is 0.248. The van der Waals surface area contributed by atoms with E-state index in [9.17, 15) is 4.79 Å². The first-order valence-electron chi connectivity index (χ1n) is 5.84. The Balaban J connectivity index is 3.13. The van der Waals surface area contributed by atoms with Crippen LogP contribution >= 0.6 is 0 Å². The number of amides is 2. The Bertz CT molecular complexity index is 377. The molecule has 0 saturated carbocycles. The molecule has 0 aromatic heterocycles. The van der Waals surface area contributed by atoms with E-state index in [0.29, 0.717) is 12.6 Å². The Labute approximate surface area is 103 Å².